The van der Waals surface area contributed by atoms with Crippen molar-refractivity contribution in [1.82, 2.24) is 0 Å². The van der Waals surface area contributed by atoms with E-state index in [-0.39, 0.29) is 5.91 Å². The van der Waals surface area contributed by atoms with Crippen molar-refractivity contribution >= 4 is 29.2 Å². The SMILES string of the molecule is CCCOC(=O)C(C)Oc1ccc(C(=O)Nc2ccc(Cl)cc2C)cc1. The number of amides is 1. The molecule has 1 N–H and O–H groups in total. The zero-order chi connectivity index (χ0) is 19.1. The summed E-state index contributed by atoms with van der Waals surface area (Å²) < 4.78 is 10.6. The first-order valence-electron chi connectivity index (χ1n) is 8.41. The molecule has 0 bridgehead atoms. The van der Waals surface area contributed by atoms with Gasteiger partial charge in [-0.1, -0.05) is 18.5 Å². The van der Waals surface area contributed by atoms with E-state index >= 15 is 0 Å². The molecule has 0 spiro atoms. The smallest absolute Gasteiger partial charge is 0.347 e. The van der Waals surface area contributed by atoms with Crippen molar-refractivity contribution in [3.05, 3.63) is 58.6 Å². The summed E-state index contributed by atoms with van der Waals surface area (Å²) in [6.07, 6.45) is 0.0491. The van der Waals surface area contributed by atoms with Crippen molar-refractivity contribution in [3.8, 4) is 5.75 Å². The molecule has 0 fully saturated rings. The number of ether oxygens (including phenoxy) is 2. The highest BCUT2D eigenvalue weighted by Crippen LogP contribution is 2.21. The molecule has 6 heteroatoms. The van der Waals surface area contributed by atoms with Crippen LogP contribution in [0.2, 0.25) is 5.02 Å². The molecule has 0 aliphatic carbocycles. The number of halogens is 1. The minimum Gasteiger partial charge on any atom is -0.479 e. The zero-order valence-electron chi connectivity index (χ0n) is 15.0. The fraction of sp³-hybridized carbons (Fsp3) is 0.300. The summed E-state index contributed by atoms with van der Waals surface area (Å²) in [5.41, 5.74) is 2.06. The molecule has 26 heavy (non-hydrogen) atoms. The number of nitrogens with one attached hydrogen (secondary N) is 1. The van der Waals surface area contributed by atoms with Crippen molar-refractivity contribution in [3.63, 3.8) is 0 Å². The quantitative estimate of drug-likeness (QED) is 0.717. The first-order chi connectivity index (χ1) is 12.4. The van der Waals surface area contributed by atoms with E-state index in [1.54, 1.807) is 49.4 Å². The van der Waals surface area contributed by atoms with Crippen LogP contribution in [0.5, 0.6) is 5.75 Å². The predicted octanol–water partition coefficient (Wildman–Crippen LogP) is 4.62. The van der Waals surface area contributed by atoms with Gasteiger partial charge in [0.2, 0.25) is 0 Å². The van der Waals surface area contributed by atoms with Crippen LogP contribution in [0.3, 0.4) is 0 Å². The highest BCUT2D eigenvalue weighted by atomic mass is 35.5. The van der Waals surface area contributed by atoms with E-state index in [9.17, 15) is 9.59 Å². The second-order valence-corrected chi connectivity index (χ2v) is 6.30. The second kappa shape index (κ2) is 9.25. The van der Waals surface area contributed by atoms with Crippen LogP contribution >= 0.6 is 11.6 Å². The van der Waals surface area contributed by atoms with Gasteiger partial charge in [-0.05, 0) is 68.3 Å². The molecule has 0 saturated carbocycles. The van der Waals surface area contributed by atoms with Crippen LogP contribution < -0.4 is 10.1 Å². The average molecular weight is 376 g/mol. The normalized spacial score (nSPS) is 11.5. The van der Waals surface area contributed by atoms with Gasteiger partial charge in [-0.3, -0.25) is 4.79 Å². The van der Waals surface area contributed by atoms with Gasteiger partial charge in [0.15, 0.2) is 6.10 Å². The van der Waals surface area contributed by atoms with Crippen LogP contribution in [0.1, 0.15) is 36.2 Å². The van der Waals surface area contributed by atoms with E-state index in [0.717, 1.165) is 12.0 Å². The highest BCUT2D eigenvalue weighted by Gasteiger charge is 2.16. The van der Waals surface area contributed by atoms with Gasteiger partial charge in [-0.2, -0.15) is 0 Å². The van der Waals surface area contributed by atoms with E-state index in [0.29, 0.717) is 28.6 Å². The van der Waals surface area contributed by atoms with Gasteiger partial charge in [0, 0.05) is 16.3 Å². The molecule has 1 atom stereocenters. The van der Waals surface area contributed by atoms with Crippen LogP contribution in [0.15, 0.2) is 42.5 Å². The Balaban J connectivity index is 1.97. The summed E-state index contributed by atoms with van der Waals surface area (Å²) >= 11 is 5.92. The van der Waals surface area contributed by atoms with E-state index < -0.39 is 12.1 Å². The first kappa shape index (κ1) is 19.8. The van der Waals surface area contributed by atoms with E-state index in [4.69, 9.17) is 21.1 Å². The topological polar surface area (TPSA) is 64.6 Å². The lowest BCUT2D eigenvalue weighted by Crippen LogP contribution is -2.26. The second-order valence-electron chi connectivity index (χ2n) is 5.87. The van der Waals surface area contributed by atoms with Gasteiger partial charge >= 0.3 is 5.97 Å². The Morgan fingerprint density at radius 2 is 1.85 bits per heavy atom. The Morgan fingerprint density at radius 3 is 2.46 bits per heavy atom. The summed E-state index contributed by atoms with van der Waals surface area (Å²) in [5.74, 6) is -0.158. The molecule has 0 heterocycles. The lowest BCUT2D eigenvalue weighted by molar-refractivity contribution is -0.151. The van der Waals surface area contributed by atoms with Gasteiger partial charge < -0.3 is 14.8 Å². The van der Waals surface area contributed by atoms with Gasteiger partial charge in [-0.15, -0.1) is 0 Å². The molecule has 0 aliphatic rings. The van der Waals surface area contributed by atoms with E-state index in [1.165, 1.54) is 0 Å². The van der Waals surface area contributed by atoms with Crippen molar-refractivity contribution in [1.29, 1.82) is 0 Å². The number of hydrogen-bond donors (Lipinski definition) is 1. The maximum absolute atomic E-state index is 12.4. The monoisotopic (exact) mass is 375 g/mol. The molecule has 0 saturated heterocycles. The summed E-state index contributed by atoms with van der Waals surface area (Å²) in [4.78, 5) is 24.1. The molecule has 5 nitrogen and oxygen atoms in total. The molecule has 0 aliphatic heterocycles. The molecule has 2 aromatic rings. The van der Waals surface area contributed by atoms with Crippen LogP contribution in [0.25, 0.3) is 0 Å². The third-order valence-electron chi connectivity index (χ3n) is 3.65. The molecule has 2 aromatic carbocycles. The summed E-state index contributed by atoms with van der Waals surface area (Å²) in [7, 11) is 0. The zero-order valence-corrected chi connectivity index (χ0v) is 15.8. The number of anilines is 1. The number of carbonyl (C=O) groups excluding carboxylic acids is 2. The number of hydrogen-bond acceptors (Lipinski definition) is 4. The molecule has 0 aromatic heterocycles. The van der Waals surface area contributed by atoms with Crippen molar-refractivity contribution < 1.29 is 19.1 Å². The lowest BCUT2D eigenvalue weighted by Gasteiger charge is -2.14. The van der Waals surface area contributed by atoms with Gasteiger partial charge in [0.1, 0.15) is 5.75 Å². The Kier molecular flexibility index (Phi) is 7.04. The van der Waals surface area contributed by atoms with E-state index in [1.807, 2.05) is 13.8 Å². The molecule has 1 amide bonds. The molecule has 1 unspecified atom stereocenters. The third-order valence-corrected chi connectivity index (χ3v) is 3.88. The summed E-state index contributed by atoms with van der Waals surface area (Å²) in [6.45, 7) is 5.79. The maximum Gasteiger partial charge on any atom is 0.347 e. The highest BCUT2D eigenvalue weighted by molar-refractivity contribution is 6.30. The Labute approximate surface area is 158 Å². The van der Waals surface area contributed by atoms with Gasteiger partial charge in [0.05, 0.1) is 6.61 Å². The Morgan fingerprint density at radius 1 is 1.15 bits per heavy atom. The number of carbonyl (C=O) groups is 2. The minimum absolute atomic E-state index is 0.239. The largest absolute Gasteiger partial charge is 0.479 e. The average Bonchev–Trinajstić information content (AvgIpc) is 2.62. The van der Waals surface area contributed by atoms with Gasteiger partial charge in [-0.25, -0.2) is 4.79 Å². The minimum atomic E-state index is -0.710. The van der Waals surface area contributed by atoms with Crippen LogP contribution in [-0.4, -0.2) is 24.6 Å². The third kappa shape index (κ3) is 5.49. The molecule has 0 radical (unpaired) electrons. The maximum atomic E-state index is 12.4. The van der Waals surface area contributed by atoms with Crippen molar-refractivity contribution in [2.45, 2.75) is 33.3 Å². The van der Waals surface area contributed by atoms with E-state index in [2.05, 4.69) is 5.32 Å². The lowest BCUT2D eigenvalue weighted by atomic mass is 10.1. The van der Waals surface area contributed by atoms with Crippen LogP contribution in [-0.2, 0) is 9.53 Å². The Hall–Kier alpha value is -2.53. The molecule has 2 rings (SSSR count). The number of rotatable bonds is 7. The Bertz CT molecular complexity index is 774. The number of aryl methyl sites for hydroxylation is 1. The number of benzene rings is 2. The summed E-state index contributed by atoms with van der Waals surface area (Å²) in [6, 6.07) is 11.8. The van der Waals surface area contributed by atoms with Gasteiger partial charge in [0.25, 0.3) is 5.91 Å². The first-order valence-corrected chi connectivity index (χ1v) is 8.79. The van der Waals surface area contributed by atoms with Crippen LogP contribution in [0, 0.1) is 6.92 Å². The molecular weight excluding hydrogens is 354 g/mol. The predicted molar refractivity (Wildman–Crippen MR) is 102 cm³/mol. The number of esters is 1. The van der Waals surface area contributed by atoms with Crippen molar-refractivity contribution in [2.75, 3.05) is 11.9 Å². The molecular formula is C20H22ClNO4. The summed E-state index contributed by atoms with van der Waals surface area (Å²) in [5, 5.41) is 3.46. The molecule has 138 valence electrons. The fourth-order valence-corrected chi connectivity index (χ4v) is 2.45. The fourth-order valence-electron chi connectivity index (χ4n) is 2.22. The van der Waals surface area contributed by atoms with Crippen LogP contribution in [0.4, 0.5) is 5.69 Å². The van der Waals surface area contributed by atoms with Crippen molar-refractivity contribution in [2.24, 2.45) is 0 Å². The standard InChI is InChI=1S/C20H22ClNO4/c1-4-11-25-20(24)14(3)26-17-8-5-15(6-9-17)19(23)22-18-10-7-16(21)12-13(18)2/h5-10,12,14H,4,11H2,1-3H3,(H,22,23).